The molecular weight excluding hydrogens is 263 g/mol. The van der Waals surface area contributed by atoms with Gasteiger partial charge in [-0.2, -0.15) is 25.8 Å². The second-order valence-electron chi connectivity index (χ2n) is 4.39. The Hall–Kier alpha value is -1.17. The maximum Gasteiger partial charge on any atom is 0.409 e. The molecule has 0 aromatic heterocycles. The number of halogens is 3. The molecule has 2 nitrogen and oxygen atoms in total. The summed E-state index contributed by atoms with van der Waals surface area (Å²) in [5.74, 6) is -0.356. The highest BCUT2D eigenvalue weighted by atomic mass is 32.1. The molecule has 1 amide bonds. The van der Waals surface area contributed by atoms with Crippen LogP contribution in [0.25, 0.3) is 0 Å². The maximum atomic E-state index is 13.0. The van der Waals surface area contributed by atoms with Crippen LogP contribution >= 0.6 is 12.6 Å². The van der Waals surface area contributed by atoms with Crippen molar-refractivity contribution in [2.24, 2.45) is 5.92 Å². The Bertz CT molecular complexity index is 453. The number of alkyl halides is 3. The van der Waals surface area contributed by atoms with Crippen LogP contribution in [0.1, 0.15) is 6.42 Å². The van der Waals surface area contributed by atoms with Crippen molar-refractivity contribution in [3.05, 3.63) is 36.0 Å². The van der Waals surface area contributed by atoms with Gasteiger partial charge in [-0.25, -0.2) is 0 Å². The van der Waals surface area contributed by atoms with Gasteiger partial charge in [-0.15, -0.1) is 0 Å². The van der Waals surface area contributed by atoms with Crippen LogP contribution in [0.15, 0.2) is 36.0 Å². The average Bonchev–Trinajstić information content (AvgIpc) is 2.57. The van der Waals surface area contributed by atoms with Crippen molar-refractivity contribution < 1.29 is 18.0 Å². The first-order chi connectivity index (χ1) is 8.32. The Morgan fingerprint density at radius 3 is 2.67 bits per heavy atom. The van der Waals surface area contributed by atoms with Crippen molar-refractivity contribution in [3.63, 3.8) is 0 Å². The number of carbonyl (C=O) groups excluding carboxylic acids is 1. The summed E-state index contributed by atoms with van der Waals surface area (Å²) in [7, 11) is 0. The lowest BCUT2D eigenvalue weighted by molar-refractivity contribution is -0.136. The topological polar surface area (TPSA) is 29.1 Å². The lowest BCUT2D eigenvalue weighted by atomic mass is 9.94. The third-order valence-corrected chi connectivity index (χ3v) is 3.57. The molecule has 1 saturated heterocycles. The molecule has 0 aromatic carbocycles. The minimum Gasteiger partial charge on any atom is -0.355 e. The Labute approximate surface area is 108 Å². The van der Waals surface area contributed by atoms with E-state index in [9.17, 15) is 18.0 Å². The van der Waals surface area contributed by atoms with Crippen molar-refractivity contribution in [2.75, 3.05) is 6.54 Å². The first-order valence-corrected chi connectivity index (χ1v) is 5.91. The number of thiol groups is 1. The van der Waals surface area contributed by atoms with Gasteiger partial charge < -0.3 is 5.32 Å². The Balaban J connectivity index is 2.33. The third-order valence-electron chi connectivity index (χ3n) is 3.04. The van der Waals surface area contributed by atoms with Crippen LogP contribution < -0.4 is 5.32 Å². The summed E-state index contributed by atoms with van der Waals surface area (Å²) in [5.41, 5.74) is 0.491. The highest BCUT2D eigenvalue weighted by Crippen LogP contribution is 2.41. The van der Waals surface area contributed by atoms with Crippen LogP contribution in [-0.2, 0) is 4.79 Å². The second kappa shape index (κ2) is 4.50. The molecule has 98 valence electrons. The summed E-state index contributed by atoms with van der Waals surface area (Å²) in [6.45, 7) is 0.372. The van der Waals surface area contributed by atoms with Crippen LogP contribution in [0.5, 0.6) is 0 Å². The van der Waals surface area contributed by atoms with Gasteiger partial charge in [-0.1, -0.05) is 30.4 Å². The minimum absolute atomic E-state index is 0.136. The fourth-order valence-electron chi connectivity index (χ4n) is 1.99. The molecule has 0 aromatic rings. The summed E-state index contributed by atoms with van der Waals surface area (Å²) in [5, 5.41) is 2.61. The zero-order chi connectivity index (χ0) is 13.4. The molecule has 1 aliphatic carbocycles. The fraction of sp³-hybridized carbons (Fsp3) is 0.417. The van der Waals surface area contributed by atoms with Crippen LogP contribution in [-0.4, -0.2) is 23.4 Å². The molecule has 0 bridgehead atoms. The molecule has 2 aliphatic rings. The zero-order valence-corrected chi connectivity index (χ0v) is 10.3. The van der Waals surface area contributed by atoms with Crippen molar-refractivity contribution in [3.8, 4) is 0 Å². The van der Waals surface area contributed by atoms with Gasteiger partial charge in [0.05, 0.1) is 0 Å². The molecule has 2 rings (SSSR count). The predicted molar refractivity (Wildman–Crippen MR) is 65.3 cm³/mol. The fourth-order valence-corrected chi connectivity index (χ4v) is 2.23. The zero-order valence-electron chi connectivity index (χ0n) is 9.37. The first-order valence-electron chi connectivity index (χ1n) is 5.46. The molecule has 0 saturated carbocycles. The van der Waals surface area contributed by atoms with Gasteiger partial charge in [0.25, 0.3) is 0 Å². The normalized spacial score (nSPS) is 32.1. The predicted octanol–water partition coefficient (Wildman–Crippen LogP) is 2.41. The molecule has 6 heteroatoms. The van der Waals surface area contributed by atoms with E-state index in [-0.39, 0.29) is 18.2 Å². The van der Waals surface area contributed by atoms with E-state index in [1.165, 1.54) is 6.08 Å². The number of carbonyl (C=O) groups is 1. The lowest BCUT2D eigenvalue weighted by Gasteiger charge is -2.25. The highest BCUT2D eigenvalue weighted by Gasteiger charge is 2.49. The van der Waals surface area contributed by atoms with E-state index >= 15 is 0 Å². The van der Waals surface area contributed by atoms with E-state index in [4.69, 9.17) is 0 Å². The van der Waals surface area contributed by atoms with Gasteiger partial charge in [0.15, 0.2) is 0 Å². The van der Waals surface area contributed by atoms with Crippen molar-refractivity contribution in [1.82, 2.24) is 5.32 Å². The maximum absolute atomic E-state index is 13.0. The molecule has 18 heavy (non-hydrogen) atoms. The van der Waals surface area contributed by atoms with Crippen LogP contribution in [0, 0.1) is 5.92 Å². The van der Waals surface area contributed by atoms with Gasteiger partial charge in [0.1, 0.15) is 4.75 Å². The smallest absolute Gasteiger partial charge is 0.355 e. The summed E-state index contributed by atoms with van der Waals surface area (Å²) < 4.78 is 36.6. The lowest BCUT2D eigenvalue weighted by Crippen LogP contribution is -2.36. The number of hydrogen-bond donors (Lipinski definition) is 2. The number of rotatable bonds is 1. The van der Waals surface area contributed by atoms with Crippen LogP contribution in [0.4, 0.5) is 13.2 Å². The van der Waals surface area contributed by atoms with E-state index in [1.54, 1.807) is 12.2 Å². The summed E-state index contributed by atoms with van der Waals surface area (Å²) >= 11 is 3.74. The van der Waals surface area contributed by atoms with Gasteiger partial charge in [-0.3, -0.25) is 4.79 Å². The monoisotopic (exact) mass is 275 g/mol. The number of allylic oxidation sites excluding steroid dienone is 3. The summed E-state index contributed by atoms with van der Waals surface area (Å²) in [6.07, 6.45) is 2.31. The van der Waals surface area contributed by atoms with Gasteiger partial charge in [0.2, 0.25) is 5.91 Å². The number of amides is 1. The van der Waals surface area contributed by atoms with Gasteiger partial charge in [-0.05, 0) is 5.57 Å². The highest BCUT2D eigenvalue weighted by molar-refractivity contribution is 7.82. The molecular formula is C12H12F3NOS. The van der Waals surface area contributed by atoms with Gasteiger partial charge >= 0.3 is 6.18 Å². The third kappa shape index (κ3) is 2.48. The molecule has 0 spiro atoms. The molecule has 1 fully saturated rings. The SMILES string of the molecule is O=C1CC(C2=CC(S)(C(F)(F)F)C=CC=C2)CN1. The molecule has 2 atom stereocenters. The molecule has 0 radical (unpaired) electrons. The minimum atomic E-state index is -4.47. The Kier molecular flexibility index (Phi) is 3.31. The average molecular weight is 275 g/mol. The van der Waals surface area contributed by atoms with Crippen LogP contribution in [0.3, 0.4) is 0 Å². The standard InChI is InChI=1S/C12H12F3NOS/c13-12(14,15)11(18)4-2-1-3-8(6-11)9-5-10(17)16-7-9/h1-4,6,9,18H,5,7H2,(H,16,17). The van der Waals surface area contributed by atoms with Crippen molar-refractivity contribution in [2.45, 2.75) is 17.3 Å². The van der Waals surface area contributed by atoms with E-state index in [0.717, 1.165) is 12.2 Å². The van der Waals surface area contributed by atoms with Gasteiger partial charge in [0, 0.05) is 18.9 Å². The molecule has 1 N–H and O–H groups in total. The largest absolute Gasteiger partial charge is 0.409 e. The summed E-state index contributed by atoms with van der Waals surface area (Å²) in [6, 6.07) is 0. The molecule has 1 aliphatic heterocycles. The summed E-state index contributed by atoms with van der Waals surface area (Å²) in [4.78, 5) is 11.1. The van der Waals surface area contributed by atoms with E-state index < -0.39 is 10.9 Å². The molecule has 1 heterocycles. The van der Waals surface area contributed by atoms with Crippen LogP contribution in [0.2, 0.25) is 0 Å². The number of nitrogens with one attached hydrogen (secondary N) is 1. The second-order valence-corrected chi connectivity index (χ2v) is 5.13. The Morgan fingerprint density at radius 2 is 2.11 bits per heavy atom. The quantitative estimate of drug-likeness (QED) is 0.707. The van der Waals surface area contributed by atoms with E-state index in [0.29, 0.717) is 12.1 Å². The first kappa shape index (κ1) is 13.3. The Morgan fingerprint density at radius 1 is 1.39 bits per heavy atom. The van der Waals surface area contributed by atoms with Crippen molar-refractivity contribution in [1.29, 1.82) is 0 Å². The number of hydrogen-bond acceptors (Lipinski definition) is 2. The van der Waals surface area contributed by atoms with E-state index in [1.807, 2.05) is 0 Å². The van der Waals surface area contributed by atoms with E-state index in [2.05, 4.69) is 17.9 Å². The van der Waals surface area contributed by atoms with Crippen molar-refractivity contribution >= 4 is 18.5 Å². The molecule has 2 unspecified atom stereocenters.